The van der Waals surface area contributed by atoms with Crippen molar-refractivity contribution >= 4 is 17.6 Å². The van der Waals surface area contributed by atoms with Gasteiger partial charge in [0.25, 0.3) is 0 Å². The van der Waals surface area contributed by atoms with Gasteiger partial charge in [0.15, 0.2) is 0 Å². The van der Waals surface area contributed by atoms with Gasteiger partial charge in [-0.2, -0.15) is 0 Å². The Kier molecular flexibility index (Phi) is 4.47. The molecule has 1 rings (SSSR count). The van der Waals surface area contributed by atoms with Gasteiger partial charge in [-0.1, -0.05) is 12.1 Å². The SMILES string of the molecule is CCOC(=O)C(=O)Nc1ccc(CO)cc1. The topological polar surface area (TPSA) is 75.6 Å². The Bertz CT molecular complexity index is 372. The maximum Gasteiger partial charge on any atom is 0.397 e. The Morgan fingerprint density at radius 3 is 2.44 bits per heavy atom. The summed E-state index contributed by atoms with van der Waals surface area (Å²) < 4.78 is 4.53. The van der Waals surface area contributed by atoms with Crippen LogP contribution in [0.15, 0.2) is 24.3 Å². The maximum atomic E-state index is 11.2. The van der Waals surface area contributed by atoms with Gasteiger partial charge in [-0.25, -0.2) is 4.79 Å². The zero-order chi connectivity index (χ0) is 12.0. The van der Waals surface area contributed by atoms with Crippen molar-refractivity contribution in [1.29, 1.82) is 0 Å². The van der Waals surface area contributed by atoms with E-state index in [4.69, 9.17) is 5.11 Å². The van der Waals surface area contributed by atoms with E-state index >= 15 is 0 Å². The average molecular weight is 223 g/mol. The first kappa shape index (κ1) is 12.2. The monoisotopic (exact) mass is 223 g/mol. The van der Waals surface area contributed by atoms with Crippen LogP contribution in [0, 0.1) is 0 Å². The summed E-state index contributed by atoms with van der Waals surface area (Å²) in [5, 5.41) is 11.2. The maximum absolute atomic E-state index is 11.2. The molecule has 0 aliphatic rings. The van der Waals surface area contributed by atoms with Gasteiger partial charge in [0.1, 0.15) is 0 Å². The Balaban J connectivity index is 2.59. The van der Waals surface area contributed by atoms with Gasteiger partial charge in [0.05, 0.1) is 13.2 Å². The van der Waals surface area contributed by atoms with Gasteiger partial charge in [-0.15, -0.1) is 0 Å². The normalized spacial score (nSPS) is 9.62. The molecule has 0 heterocycles. The van der Waals surface area contributed by atoms with Crippen molar-refractivity contribution in [2.24, 2.45) is 0 Å². The van der Waals surface area contributed by atoms with Gasteiger partial charge < -0.3 is 15.2 Å². The number of esters is 1. The number of rotatable bonds is 3. The lowest BCUT2D eigenvalue weighted by Gasteiger charge is -2.04. The van der Waals surface area contributed by atoms with Crippen LogP contribution in [0.25, 0.3) is 0 Å². The number of aliphatic hydroxyl groups is 1. The van der Waals surface area contributed by atoms with Crippen molar-refractivity contribution in [2.75, 3.05) is 11.9 Å². The number of amides is 1. The van der Waals surface area contributed by atoms with Crippen LogP contribution >= 0.6 is 0 Å². The molecule has 0 aromatic heterocycles. The molecule has 5 heteroatoms. The quantitative estimate of drug-likeness (QED) is 0.583. The minimum absolute atomic E-state index is 0.0634. The van der Waals surface area contributed by atoms with Crippen molar-refractivity contribution in [3.8, 4) is 0 Å². The van der Waals surface area contributed by atoms with Crippen molar-refractivity contribution in [3.05, 3.63) is 29.8 Å². The number of anilines is 1. The number of carbonyl (C=O) groups is 2. The summed E-state index contributed by atoms with van der Waals surface area (Å²) in [5.74, 6) is -1.72. The predicted molar refractivity (Wildman–Crippen MR) is 57.6 cm³/mol. The fourth-order valence-corrected chi connectivity index (χ4v) is 1.07. The molecule has 0 fully saturated rings. The molecule has 16 heavy (non-hydrogen) atoms. The van der Waals surface area contributed by atoms with Crippen LogP contribution in [0.4, 0.5) is 5.69 Å². The van der Waals surface area contributed by atoms with Gasteiger partial charge >= 0.3 is 11.9 Å². The Morgan fingerprint density at radius 1 is 1.31 bits per heavy atom. The molecule has 1 aromatic carbocycles. The highest BCUT2D eigenvalue weighted by Gasteiger charge is 2.14. The number of benzene rings is 1. The second-order valence-corrected chi connectivity index (χ2v) is 3.03. The molecule has 0 aliphatic carbocycles. The molecule has 0 radical (unpaired) electrons. The third-order valence-corrected chi connectivity index (χ3v) is 1.86. The van der Waals surface area contributed by atoms with Crippen LogP contribution in [0.3, 0.4) is 0 Å². The lowest BCUT2D eigenvalue weighted by molar-refractivity contribution is -0.152. The summed E-state index contributed by atoms with van der Waals surface area (Å²) in [6.45, 7) is 1.73. The standard InChI is InChI=1S/C11H13NO4/c1-2-16-11(15)10(14)12-9-5-3-8(7-13)4-6-9/h3-6,13H,2,7H2,1H3,(H,12,14). The van der Waals surface area contributed by atoms with Crippen LogP contribution in [-0.2, 0) is 20.9 Å². The van der Waals surface area contributed by atoms with E-state index < -0.39 is 11.9 Å². The number of hydrogen-bond donors (Lipinski definition) is 2. The van der Waals surface area contributed by atoms with Crippen LogP contribution in [-0.4, -0.2) is 23.6 Å². The molecular weight excluding hydrogens is 210 g/mol. The van der Waals surface area contributed by atoms with Gasteiger partial charge in [0, 0.05) is 5.69 Å². The molecule has 1 amide bonds. The summed E-state index contributed by atoms with van der Waals surface area (Å²) >= 11 is 0. The molecule has 2 N–H and O–H groups in total. The van der Waals surface area contributed by atoms with E-state index in [-0.39, 0.29) is 13.2 Å². The van der Waals surface area contributed by atoms with E-state index in [0.717, 1.165) is 5.56 Å². The van der Waals surface area contributed by atoms with E-state index in [1.165, 1.54) is 0 Å². The third kappa shape index (κ3) is 3.36. The zero-order valence-electron chi connectivity index (χ0n) is 8.90. The minimum Gasteiger partial charge on any atom is -0.459 e. The summed E-state index contributed by atoms with van der Waals surface area (Å²) in [4.78, 5) is 22.2. The largest absolute Gasteiger partial charge is 0.459 e. The highest BCUT2D eigenvalue weighted by atomic mass is 16.5. The van der Waals surface area contributed by atoms with Crippen LogP contribution in [0.2, 0.25) is 0 Å². The van der Waals surface area contributed by atoms with E-state index in [9.17, 15) is 9.59 Å². The van der Waals surface area contributed by atoms with Crippen molar-refractivity contribution in [2.45, 2.75) is 13.5 Å². The molecule has 0 atom stereocenters. The minimum atomic E-state index is -0.909. The molecule has 0 unspecified atom stereocenters. The van der Waals surface area contributed by atoms with Gasteiger partial charge in [-0.05, 0) is 24.6 Å². The average Bonchev–Trinajstić information content (AvgIpc) is 2.30. The zero-order valence-corrected chi connectivity index (χ0v) is 8.90. The van der Waals surface area contributed by atoms with E-state index in [1.807, 2.05) is 0 Å². The van der Waals surface area contributed by atoms with Crippen LogP contribution in [0.5, 0.6) is 0 Å². The number of ether oxygens (including phenoxy) is 1. The summed E-state index contributed by atoms with van der Waals surface area (Å²) in [7, 11) is 0. The molecule has 0 spiro atoms. The summed E-state index contributed by atoms with van der Waals surface area (Å²) in [6.07, 6.45) is 0. The Hall–Kier alpha value is -1.88. The Labute approximate surface area is 93.0 Å². The highest BCUT2D eigenvalue weighted by Crippen LogP contribution is 2.09. The highest BCUT2D eigenvalue weighted by molar-refractivity contribution is 6.37. The molecule has 1 aromatic rings. The van der Waals surface area contributed by atoms with Crippen LogP contribution < -0.4 is 5.32 Å². The number of carbonyl (C=O) groups excluding carboxylic acids is 2. The molecule has 0 bridgehead atoms. The third-order valence-electron chi connectivity index (χ3n) is 1.86. The fraction of sp³-hybridized carbons (Fsp3) is 0.273. The number of aliphatic hydroxyl groups excluding tert-OH is 1. The van der Waals surface area contributed by atoms with Crippen molar-refractivity contribution < 1.29 is 19.4 Å². The van der Waals surface area contributed by atoms with E-state index in [0.29, 0.717) is 5.69 Å². The van der Waals surface area contributed by atoms with Crippen molar-refractivity contribution in [3.63, 3.8) is 0 Å². The summed E-state index contributed by atoms with van der Waals surface area (Å²) in [6, 6.07) is 6.51. The van der Waals surface area contributed by atoms with Crippen LogP contribution in [0.1, 0.15) is 12.5 Å². The molecule has 5 nitrogen and oxygen atoms in total. The second-order valence-electron chi connectivity index (χ2n) is 3.03. The van der Waals surface area contributed by atoms with E-state index in [2.05, 4.69) is 10.1 Å². The molecule has 0 saturated heterocycles. The lowest BCUT2D eigenvalue weighted by Crippen LogP contribution is -2.24. The molecule has 86 valence electrons. The molecule has 0 saturated carbocycles. The number of nitrogens with one attached hydrogen (secondary N) is 1. The molecule has 0 aliphatic heterocycles. The van der Waals surface area contributed by atoms with Gasteiger partial charge in [0.2, 0.25) is 0 Å². The van der Waals surface area contributed by atoms with Crippen molar-refractivity contribution in [1.82, 2.24) is 0 Å². The first-order chi connectivity index (χ1) is 7.67. The smallest absolute Gasteiger partial charge is 0.397 e. The van der Waals surface area contributed by atoms with E-state index in [1.54, 1.807) is 31.2 Å². The predicted octanol–water partition coefficient (Wildman–Crippen LogP) is 0.681. The first-order valence-electron chi connectivity index (χ1n) is 4.85. The first-order valence-corrected chi connectivity index (χ1v) is 4.85. The summed E-state index contributed by atoms with van der Waals surface area (Å²) in [5.41, 5.74) is 1.21. The number of hydrogen-bond acceptors (Lipinski definition) is 4. The molecular formula is C11H13NO4. The lowest BCUT2D eigenvalue weighted by atomic mass is 10.2. The van der Waals surface area contributed by atoms with Gasteiger partial charge in [-0.3, -0.25) is 4.79 Å². The second kappa shape index (κ2) is 5.87. The Morgan fingerprint density at radius 2 is 1.94 bits per heavy atom. The fourth-order valence-electron chi connectivity index (χ4n) is 1.07.